The van der Waals surface area contributed by atoms with Gasteiger partial charge in [0.25, 0.3) is 0 Å². The average Bonchev–Trinajstić information content (AvgIpc) is 2.84. The van der Waals surface area contributed by atoms with Crippen LogP contribution < -0.4 is 5.32 Å². The second-order valence-electron chi connectivity index (χ2n) is 4.17. The molecule has 1 heterocycles. The van der Waals surface area contributed by atoms with Gasteiger partial charge in [-0.2, -0.15) is 10.4 Å². The summed E-state index contributed by atoms with van der Waals surface area (Å²) in [5.74, 6) is 0. The van der Waals surface area contributed by atoms with Crippen LogP contribution in [0.3, 0.4) is 0 Å². The molecule has 0 aliphatic rings. The number of hydrogen-bond donors (Lipinski definition) is 1. The fourth-order valence-electron chi connectivity index (χ4n) is 1.83. The van der Waals surface area contributed by atoms with Gasteiger partial charge in [0, 0.05) is 24.8 Å². The molecule has 2 aromatic rings. The summed E-state index contributed by atoms with van der Waals surface area (Å²) in [4.78, 5) is 0. The van der Waals surface area contributed by atoms with Gasteiger partial charge in [-0.25, -0.2) is 0 Å². The quantitative estimate of drug-likeness (QED) is 0.894. The first kappa shape index (κ1) is 12.2. The van der Waals surface area contributed by atoms with Crippen molar-refractivity contribution >= 4 is 5.69 Å². The number of nitrogens with one attached hydrogen (secondary N) is 1. The summed E-state index contributed by atoms with van der Waals surface area (Å²) >= 11 is 0. The molecule has 1 aromatic carbocycles. The van der Waals surface area contributed by atoms with E-state index in [1.165, 1.54) is 0 Å². The van der Waals surface area contributed by atoms with Gasteiger partial charge in [0.05, 0.1) is 17.4 Å². The van der Waals surface area contributed by atoms with Crippen LogP contribution in [0.1, 0.15) is 23.6 Å². The second-order valence-corrected chi connectivity index (χ2v) is 4.17. The number of rotatable bonds is 4. The van der Waals surface area contributed by atoms with Gasteiger partial charge in [-0.1, -0.05) is 12.1 Å². The third-order valence-electron chi connectivity index (χ3n) is 2.88. The molecule has 0 fully saturated rings. The third kappa shape index (κ3) is 2.51. The summed E-state index contributed by atoms with van der Waals surface area (Å²) in [6.07, 6.45) is 3.85. The molecule has 2 rings (SSSR count). The predicted octanol–water partition coefficient (Wildman–Crippen LogP) is 2.70. The van der Waals surface area contributed by atoms with Gasteiger partial charge in [0.2, 0.25) is 0 Å². The molecule has 4 nitrogen and oxygen atoms in total. The van der Waals surface area contributed by atoms with Crippen LogP contribution in [-0.2, 0) is 13.1 Å². The summed E-state index contributed by atoms with van der Waals surface area (Å²) < 4.78 is 1.89. The predicted molar refractivity (Wildman–Crippen MR) is 71.1 cm³/mol. The molecule has 0 aliphatic carbocycles. The van der Waals surface area contributed by atoms with Crippen molar-refractivity contribution in [2.75, 3.05) is 5.32 Å². The largest absolute Gasteiger partial charge is 0.380 e. The van der Waals surface area contributed by atoms with Gasteiger partial charge in [-0.05, 0) is 25.5 Å². The summed E-state index contributed by atoms with van der Waals surface area (Å²) in [5.41, 5.74) is 3.69. The van der Waals surface area contributed by atoms with Crippen molar-refractivity contribution in [1.29, 1.82) is 5.26 Å². The summed E-state index contributed by atoms with van der Waals surface area (Å²) in [6.45, 7) is 5.55. The van der Waals surface area contributed by atoms with Gasteiger partial charge in [0.15, 0.2) is 0 Å². The molecule has 0 bridgehead atoms. The molecule has 0 amide bonds. The molecule has 0 unspecified atom stereocenters. The first-order chi connectivity index (χ1) is 8.74. The molecule has 0 saturated carbocycles. The molecule has 0 aliphatic heterocycles. The number of anilines is 1. The number of nitrogens with zero attached hydrogens (tertiary/aromatic N) is 3. The van der Waals surface area contributed by atoms with Crippen LogP contribution in [0.2, 0.25) is 0 Å². The van der Waals surface area contributed by atoms with Crippen molar-refractivity contribution in [2.45, 2.75) is 26.9 Å². The smallest absolute Gasteiger partial charge is 0.102 e. The van der Waals surface area contributed by atoms with E-state index in [2.05, 4.69) is 23.4 Å². The van der Waals surface area contributed by atoms with Crippen LogP contribution in [0, 0.1) is 18.3 Å². The lowest BCUT2D eigenvalue weighted by atomic mass is 10.1. The van der Waals surface area contributed by atoms with Crippen LogP contribution >= 0.6 is 0 Å². The molecule has 0 radical (unpaired) electrons. The van der Waals surface area contributed by atoms with Crippen LogP contribution in [0.15, 0.2) is 30.6 Å². The Bertz CT molecular complexity index is 578. The van der Waals surface area contributed by atoms with Crippen molar-refractivity contribution in [3.63, 3.8) is 0 Å². The number of aryl methyl sites for hydroxylation is 2. The normalized spacial score (nSPS) is 10.1. The summed E-state index contributed by atoms with van der Waals surface area (Å²) in [6, 6.07) is 8.06. The molecule has 0 spiro atoms. The molecular formula is C14H16N4. The third-order valence-corrected chi connectivity index (χ3v) is 2.88. The first-order valence-corrected chi connectivity index (χ1v) is 5.99. The average molecular weight is 240 g/mol. The van der Waals surface area contributed by atoms with Crippen molar-refractivity contribution < 1.29 is 0 Å². The van der Waals surface area contributed by atoms with Crippen LogP contribution in [-0.4, -0.2) is 9.78 Å². The minimum Gasteiger partial charge on any atom is -0.380 e. The van der Waals surface area contributed by atoms with E-state index in [9.17, 15) is 0 Å². The Morgan fingerprint density at radius 2 is 2.28 bits per heavy atom. The van der Waals surface area contributed by atoms with E-state index in [1.807, 2.05) is 42.2 Å². The van der Waals surface area contributed by atoms with Gasteiger partial charge >= 0.3 is 0 Å². The van der Waals surface area contributed by atoms with Crippen LogP contribution in [0.25, 0.3) is 0 Å². The first-order valence-electron chi connectivity index (χ1n) is 5.99. The Labute approximate surface area is 107 Å². The van der Waals surface area contributed by atoms with Gasteiger partial charge < -0.3 is 5.32 Å². The Morgan fingerprint density at radius 3 is 2.94 bits per heavy atom. The highest BCUT2D eigenvalue weighted by atomic mass is 15.3. The molecule has 1 aromatic heterocycles. The maximum absolute atomic E-state index is 9.13. The topological polar surface area (TPSA) is 53.6 Å². The fourth-order valence-corrected chi connectivity index (χ4v) is 1.83. The maximum Gasteiger partial charge on any atom is 0.102 e. The highest BCUT2D eigenvalue weighted by molar-refractivity contribution is 5.60. The van der Waals surface area contributed by atoms with Crippen molar-refractivity contribution in [3.8, 4) is 6.07 Å². The number of benzene rings is 1. The highest BCUT2D eigenvalue weighted by Crippen LogP contribution is 2.18. The standard InChI is InChI=1S/C14H16N4/c1-3-18-10-12(9-17-18)8-16-14-6-4-5-11(2)13(14)7-15/h4-6,9-10,16H,3,8H2,1-2H3. The Hall–Kier alpha value is -2.28. The second kappa shape index (κ2) is 5.37. The lowest BCUT2D eigenvalue weighted by Crippen LogP contribution is -2.01. The molecule has 1 N–H and O–H groups in total. The lowest BCUT2D eigenvalue weighted by Gasteiger charge is -2.08. The van der Waals surface area contributed by atoms with Gasteiger partial charge in [0.1, 0.15) is 6.07 Å². The molecule has 0 atom stereocenters. The molecular weight excluding hydrogens is 224 g/mol. The molecule has 0 saturated heterocycles. The lowest BCUT2D eigenvalue weighted by molar-refractivity contribution is 0.659. The zero-order chi connectivity index (χ0) is 13.0. The molecule has 18 heavy (non-hydrogen) atoms. The number of hydrogen-bond acceptors (Lipinski definition) is 3. The van der Waals surface area contributed by atoms with E-state index in [4.69, 9.17) is 5.26 Å². The number of aromatic nitrogens is 2. The summed E-state index contributed by atoms with van der Waals surface area (Å²) in [5, 5.41) is 16.6. The zero-order valence-corrected chi connectivity index (χ0v) is 10.6. The minimum absolute atomic E-state index is 0.679. The Morgan fingerprint density at radius 1 is 1.44 bits per heavy atom. The SMILES string of the molecule is CCn1cc(CNc2cccc(C)c2C#N)cn1. The summed E-state index contributed by atoms with van der Waals surface area (Å²) in [7, 11) is 0. The minimum atomic E-state index is 0.679. The maximum atomic E-state index is 9.13. The fraction of sp³-hybridized carbons (Fsp3) is 0.286. The zero-order valence-electron chi connectivity index (χ0n) is 10.6. The van der Waals surface area contributed by atoms with E-state index in [0.717, 1.165) is 23.4 Å². The van der Waals surface area contributed by atoms with E-state index >= 15 is 0 Å². The van der Waals surface area contributed by atoms with Crippen molar-refractivity contribution in [3.05, 3.63) is 47.3 Å². The van der Waals surface area contributed by atoms with E-state index in [-0.39, 0.29) is 0 Å². The van der Waals surface area contributed by atoms with Crippen molar-refractivity contribution in [2.24, 2.45) is 0 Å². The Kier molecular flexibility index (Phi) is 3.63. The molecule has 4 heteroatoms. The van der Waals surface area contributed by atoms with Crippen LogP contribution in [0.5, 0.6) is 0 Å². The van der Waals surface area contributed by atoms with E-state index in [1.54, 1.807) is 0 Å². The molecule has 92 valence electrons. The van der Waals surface area contributed by atoms with Crippen molar-refractivity contribution in [1.82, 2.24) is 9.78 Å². The number of nitriles is 1. The van der Waals surface area contributed by atoms with Gasteiger partial charge in [-0.15, -0.1) is 0 Å². The van der Waals surface area contributed by atoms with Gasteiger partial charge in [-0.3, -0.25) is 4.68 Å². The Balaban J connectivity index is 2.11. The highest BCUT2D eigenvalue weighted by Gasteiger charge is 2.04. The van der Waals surface area contributed by atoms with E-state index in [0.29, 0.717) is 12.1 Å². The monoisotopic (exact) mass is 240 g/mol. The van der Waals surface area contributed by atoms with E-state index < -0.39 is 0 Å². The van der Waals surface area contributed by atoms with Crippen LogP contribution in [0.4, 0.5) is 5.69 Å².